The van der Waals surface area contributed by atoms with Gasteiger partial charge in [0.25, 0.3) is 0 Å². The first-order valence-corrected chi connectivity index (χ1v) is 7.19. The lowest BCUT2D eigenvalue weighted by Gasteiger charge is -2.17. The van der Waals surface area contributed by atoms with Gasteiger partial charge >= 0.3 is 0 Å². The molecule has 1 fully saturated rings. The predicted octanol–water partition coefficient (Wildman–Crippen LogP) is 3.36. The SMILES string of the molecule is CCCCCCCOCC(NCC)C1CC1. The van der Waals surface area contributed by atoms with E-state index in [4.69, 9.17) is 4.74 Å². The average molecular weight is 227 g/mol. The first-order valence-electron chi connectivity index (χ1n) is 7.19. The quantitative estimate of drug-likeness (QED) is 0.546. The van der Waals surface area contributed by atoms with Gasteiger partial charge in [-0.3, -0.25) is 0 Å². The number of hydrogen-bond acceptors (Lipinski definition) is 2. The second kappa shape index (κ2) is 9.00. The maximum atomic E-state index is 5.77. The minimum absolute atomic E-state index is 0.626. The van der Waals surface area contributed by atoms with Crippen molar-refractivity contribution in [2.75, 3.05) is 19.8 Å². The Morgan fingerprint density at radius 3 is 2.50 bits per heavy atom. The third kappa shape index (κ3) is 6.49. The normalized spacial score (nSPS) is 17.6. The maximum absolute atomic E-state index is 5.77. The summed E-state index contributed by atoms with van der Waals surface area (Å²) < 4.78 is 5.77. The summed E-state index contributed by atoms with van der Waals surface area (Å²) in [6.45, 7) is 7.39. The van der Waals surface area contributed by atoms with Crippen molar-refractivity contribution in [1.82, 2.24) is 5.32 Å². The second-order valence-corrected chi connectivity index (χ2v) is 4.99. The summed E-state index contributed by atoms with van der Waals surface area (Å²) in [5.74, 6) is 0.903. The van der Waals surface area contributed by atoms with Crippen molar-refractivity contribution in [3.8, 4) is 0 Å². The van der Waals surface area contributed by atoms with Crippen LogP contribution in [0, 0.1) is 5.92 Å². The molecule has 16 heavy (non-hydrogen) atoms. The van der Waals surface area contributed by atoms with Crippen molar-refractivity contribution in [2.45, 2.75) is 64.8 Å². The molecule has 2 heteroatoms. The number of nitrogens with one attached hydrogen (secondary N) is 1. The number of unbranched alkanes of at least 4 members (excludes halogenated alkanes) is 4. The number of ether oxygens (including phenoxy) is 1. The molecule has 0 aromatic carbocycles. The number of likely N-dealkylation sites (N-methyl/N-ethyl adjacent to an activating group) is 1. The Bertz CT molecular complexity index is 157. The highest BCUT2D eigenvalue weighted by molar-refractivity contribution is 4.85. The Hall–Kier alpha value is -0.0800. The molecule has 0 aromatic heterocycles. The summed E-state index contributed by atoms with van der Waals surface area (Å²) in [5.41, 5.74) is 0. The molecule has 0 aliphatic heterocycles. The molecule has 0 radical (unpaired) electrons. The van der Waals surface area contributed by atoms with Crippen molar-refractivity contribution in [1.29, 1.82) is 0 Å². The van der Waals surface area contributed by atoms with E-state index >= 15 is 0 Å². The van der Waals surface area contributed by atoms with Gasteiger partial charge in [-0.25, -0.2) is 0 Å². The second-order valence-electron chi connectivity index (χ2n) is 4.99. The molecule has 0 amide bonds. The molecule has 1 aliphatic carbocycles. The van der Waals surface area contributed by atoms with Crippen LogP contribution in [-0.2, 0) is 4.74 Å². The lowest BCUT2D eigenvalue weighted by Crippen LogP contribution is -2.35. The van der Waals surface area contributed by atoms with E-state index in [0.29, 0.717) is 6.04 Å². The molecule has 1 rings (SSSR count). The average Bonchev–Trinajstić information content (AvgIpc) is 3.10. The largest absolute Gasteiger partial charge is 0.380 e. The fourth-order valence-corrected chi connectivity index (χ4v) is 2.14. The first-order chi connectivity index (χ1) is 7.88. The molecule has 0 aromatic rings. The summed E-state index contributed by atoms with van der Waals surface area (Å²) in [7, 11) is 0. The van der Waals surface area contributed by atoms with Gasteiger partial charge in [-0.05, 0) is 31.7 Å². The zero-order chi connectivity index (χ0) is 11.6. The fraction of sp³-hybridized carbons (Fsp3) is 1.00. The predicted molar refractivity (Wildman–Crippen MR) is 69.8 cm³/mol. The molecule has 1 N–H and O–H groups in total. The summed E-state index contributed by atoms with van der Waals surface area (Å²) in [5, 5.41) is 3.53. The Kier molecular flexibility index (Phi) is 7.87. The molecule has 96 valence electrons. The summed E-state index contributed by atoms with van der Waals surface area (Å²) in [6, 6.07) is 0.626. The zero-order valence-electron chi connectivity index (χ0n) is 11.1. The van der Waals surface area contributed by atoms with E-state index in [1.54, 1.807) is 0 Å². The van der Waals surface area contributed by atoms with E-state index in [0.717, 1.165) is 25.7 Å². The van der Waals surface area contributed by atoms with Gasteiger partial charge in [-0.15, -0.1) is 0 Å². The Morgan fingerprint density at radius 2 is 1.88 bits per heavy atom. The Balaban J connectivity index is 1.88. The summed E-state index contributed by atoms with van der Waals surface area (Å²) in [4.78, 5) is 0. The molecule has 0 bridgehead atoms. The van der Waals surface area contributed by atoms with Crippen LogP contribution in [0.2, 0.25) is 0 Å². The molecular weight excluding hydrogens is 198 g/mol. The van der Waals surface area contributed by atoms with Crippen LogP contribution in [0.4, 0.5) is 0 Å². The molecule has 0 saturated heterocycles. The highest BCUT2D eigenvalue weighted by atomic mass is 16.5. The lowest BCUT2D eigenvalue weighted by atomic mass is 10.1. The van der Waals surface area contributed by atoms with Crippen molar-refractivity contribution in [3.63, 3.8) is 0 Å². The van der Waals surface area contributed by atoms with Gasteiger partial charge in [0.15, 0.2) is 0 Å². The van der Waals surface area contributed by atoms with Crippen LogP contribution in [0.5, 0.6) is 0 Å². The molecule has 2 nitrogen and oxygen atoms in total. The third-order valence-electron chi connectivity index (χ3n) is 3.35. The van der Waals surface area contributed by atoms with Crippen LogP contribution < -0.4 is 5.32 Å². The molecule has 0 spiro atoms. The van der Waals surface area contributed by atoms with Gasteiger partial charge in [0, 0.05) is 12.6 Å². The molecule has 0 heterocycles. The number of rotatable bonds is 11. The minimum atomic E-state index is 0.626. The van der Waals surface area contributed by atoms with Gasteiger partial charge in [0.05, 0.1) is 6.61 Å². The summed E-state index contributed by atoms with van der Waals surface area (Å²) >= 11 is 0. The van der Waals surface area contributed by atoms with Crippen LogP contribution in [0.3, 0.4) is 0 Å². The van der Waals surface area contributed by atoms with Gasteiger partial charge in [0.1, 0.15) is 0 Å². The van der Waals surface area contributed by atoms with E-state index in [2.05, 4.69) is 19.2 Å². The Labute approximate surface area is 101 Å². The fourth-order valence-electron chi connectivity index (χ4n) is 2.14. The highest BCUT2D eigenvalue weighted by Crippen LogP contribution is 2.32. The van der Waals surface area contributed by atoms with Gasteiger partial charge < -0.3 is 10.1 Å². The van der Waals surface area contributed by atoms with Gasteiger partial charge in [-0.2, -0.15) is 0 Å². The van der Waals surface area contributed by atoms with Crippen LogP contribution in [0.15, 0.2) is 0 Å². The topological polar surface area (TPSA) is 21.3 Å². The van der Waals surface area contributed by atoms with Crippen molar-refractivity contribution in [2.24, 2.45) is 5.92 Å². The van der Waals surface area contributed by atoms with Crippen LogP contribution in [0.1, 0.15) is 58.8 Å². The molecular formula is C14H29NO. The standard InChI is InChI=1S/C14H29NO/c1-3-5-6-7-8-11-16-12-14(15-4-2)13-9-10-13/h13-15H,3-12H2,1-2H3. The van der Waals surface area contributed by atoms with E-state index in [-0.39, 0.29) is 0 Å². The van der Waals surface area contributed by atoms with Crippen LogP contribution in [0.25, 0.3) is 0 Å². The monoisotopic (exact) mass is 227 g/mol. The van der Waals surface area contributed by atoms with E-state index in [1.807, 2.05) is 0 Å². The maximum Gasteiger partial charge on any atom is 0.0622 e. The van der Waals surface area contributed by atoms with Crippen LogP contribution in [-0.4, -0.2) is 25.8 Å². The smallest absolute Gasteiger partial charge is 0.0622 e. The van der Waals surface area contributed by atoms with Crippen molar-refractivity contribution in [3.05, 3.63) is 0 Å². The molecule has 1 aliphatic rings. The van der Waals surface area contributed by atoms with E-state index in [1.165, 1.54) is 44.9 Å². The molecule has 1 atom stereocenters. The minimum Gasteiger partial charge on any atom is -0.380 e. The molecule has 1 saturated carbocycles. The van der Waals surface area contributed by atoms with E-state index < -0.39 is 0 Å². The third-order valence-corrected chi connectivity index (χ3v) is 3.35. The lowest BCUT2D eigenvalue weighted by molar-refractivity contribution is 0.102. The first kappa shape index (κ1) is 14.0. The van der Waals surface area contributed by atoms with Crippen LogP contribution >= 0.6 is 0 Å². The Morgan fingerprint density at radius 1 is 1.12 bits per heavy atom. The van der Waals surface area contributed by atoms with Crippen molar-refractivity contribution >= 4 is 0 Å². The summed E-state index contributed by atoms with van der Waals surface area (Å²) in [6.07, 6.45) is 9.45. The van der Waals surface area contributed by atoms with Gasteiger partial charge in [0.2, 0.25) is 0 Å². The number of hydrogen-bond donors (Lipinski definition) is 1. The van der Waals surface area contributed by atoms with E-state index in [9.17, 15) is 0 Å². The van der Waals surface area contributed by atoms with Gasteiger partial charge in [-0.1, -0.05) is 39.5 Å². The highest BCUT2D eigenvalue weighted by Gasteiger charge is 2.30. The molecule has 1 unspecified atom stereocenters. The van der Waals surface area contributed by atoms with Crippen molar-refractivity contribution < 1.29 is 4.74 Å². The zero-order valence-corrected chi connectivity index (χ0v) is 11.1.